The van der Waals surface area contributed by atoms with Gasteiger partial charge in [-0.2, -0.15) is 13.0 Å². The van der Waals surface area contributed by atoms with Crippen LogP contribution >= 0.6 is 0 Å². The van der Waals surface area contributed by atoms with Gasteiger partial charge in [-0.15, -0.1) is 5.56 Å². The van der Waals surface area contributed by atoms with E-state index in [0.717, 1.165) is 22.3 Å². The third-order valence-electron chi connectivity index (χ3n) is 4.66. The summed E-state index contributed by atoms with van der Waals surface area (Å²) in [5.74, 6) is 1.32. The average molecular weight is 511 g/mol. The number of allylic oxidation sites excluding steroid dienone is 2. The van der Waals surface area contributed by atoms with E-state index in [4.69, 9.17) is 14.7 Å². The Morgan fingerprint density at radius 3 is 2.00 bits per heavy atom. The zero-order valence-corrected chi connectivity index (χ0v) is 23.0. The number of carbonyl (C=O) groups excluding carboxylic acids is 1. The number of nitrogens with zero attached hydrogens (tertiary/aromatic N) is 2. The van der Waals surface area contributed by atoms with E-state index in [2.05, 4.69) is 6.92 Å². The molecule has 7 heteroatoms. The Morgan fingerprint density at radius 2 is 1.66 bits per heavy atom. The van der Waals surface area contributed by atoms with E-state index in [1.54, 1.807) is 44.3 Å². The van der Waals surface area contributed by atoms with Gasteiger partial charge >= 0.3 is 0 Å². The minimum Gasteiger partial charge on any atom is -0.553 e. The molecule has 0 spiro atoms. The molecule has 169 valence electrons. The van der Waals surface area contributed by atoms with Gasteiger partial charge in [0.25, 0.3) is 5.56 Å². The number of hydrogen-bond acceptors (Lipinski definition) is 5. The average Bonchev–Trinajstić information content (AvgIpc) is 2.73. The van der Waals surface area contributed by atoms with Gasteiger partial charge in [-0.25, -0.2) is 0 Å². The van der Waals surface area contributed by atoms with Gasteiger partial charge < -0.3 is 18.8 Å². The largest absolute Gasteiger partial charge is 0.553 e. The molecule has 0 fully saturated rings. The Hall–Kier alpha value is -2.36. The van der Waals surface area contributed by atoms with Gasteiger partial charge in [0.2, 0.25) is 0 Å². The monoisotopic (exact) mass is 511 g/mol. The zero-order chi connectivity index (χ0) is 23.9. The molecule has 1 aromatic carbocycles. The molecule has 32 heavy (non-hydrogen) atoms. The van der Waals surface area contributed by atoms with Crippen LogP contribution < -0.4 is 15.0 Å². The van der Waals surface area contributed by atoms with Gasteiger partial charge in [0.05, 0.1) is 20.5 Å². The van der Waals surface area contributed by atoms with E-state index in [1.165, 1.54) is 0 Å². The molecular weight excluding hydrogens is 481 g/mol. The molecule has 0 saturated carbocycles. The predicted octanol–water partition coefficient (Wildman–Crippen LogP) is 4.46. The molecule has 1 aromatic heterocycles. The van der Waals surface area contributed by atoms with E-state index in [0.29, 0.717) is 17.1 Å². The van der Waals surface area contributed by atoms with Crippen molar-refractivity contribution in [3.05, 3.63) is 63.9 Å². The topological polar surface area (TPSA) is 81.3 Å². The zero-order valence-electron chi connectivity index (χ0n) is 20.1. The molecule has 2 aromatic rings. The van der Waals surface area contributed by atoms with Crippen LogP contribution in [0.3, 0.4) is 0 Å². The third-order valence-corrected chi connectivity index (χ3v) is 4.66. The first-order valence-corrected chi connectivity index (χ1v) is 9.66. The first-order valence-electron chi connectivity index (χ1n) is 9.66. The molecule has 0 amide bonds. The first-order chi connectivity index (χ1) is 14.4. The van der Waals surface area contributed by atoms with Gasteiger partial charge in [0.1, 0.15) is 0 Å². The summed E-state index contributed by atoms with van der Waals surface area (Å²) in [5, 5.41) is 8.31. The molecule has 0 aliphatic heterocycles. The van der Waals surface area contributed by atoms with Crippen molar-refractivity contribution in [2.24, 2.45) is 12.5 Å². The second kappa shape index (κ2) is 12.6. The minimum absolute atomic E-state index is 0. The quantitative estimate of drug-likeness (QED) is 0.344. The van der Waals surface area contributed by atoms with Crippen LogP contribution in [0.1, 0.15) is 37.5 Å². The van der Waals surface area contributed by atoms with E-state index in [-0.39, 0.29) is 49.3 Å². The van der Waals surface area contributed by atoms with Crippen LogP contribution in [0.2, 0.25) is 0 Å². The summed E-state index contributed by atoms with van der Waals surface area (Å²) in [5.41, 5.74) is 4.30. The summed E-state index contributed by atoms with van der Waals surface area (Å²) in [6.45, 7) is 13.5. The van der Waals surface area contributed by atoms with E-state index in [9.17, 15) is 9.59 Å². The van der Waals surface area contributed by atoms with E-state index in [1.807, 2.05) is 52.9 Å². The molecule has 2 rings (SSSR count). The summed E-state index contributed by atoms with van der Waals surface area (Å²) >= 11 is 0. The van der Waals surface area contributed by atoms with Crippen molar-refractivity contribution in [1.82, 2.24) is 4.57 Å². The van der Waals surface area contributed by atoms with Crippen LogP contribution in [0, 0.1) is 37.5 Å². The SMILES string of the molecule is CC(C)(C)/C=C(\C#N)[C-]=O.[CH2-]c1c(OC)cc(-c2cn(C)c(=O)c(C)c2C)cc1OC.[Y]. The van der Waals surface area contributed by atoms with Gasteiger partial charge in [0, 0.05) is 63.0 Å². The number of aromatic nitrogens is 1. The normalized spacial score (nSPS) is 10.8. The number of nitriles is 1. The van der Waals surface area contributed by atoms with E-state index < -0.39 is 0 Å². The standard InChI is InChI=1S/C17H20NO3.C8H10NO.Y/c1-10-11(2)17(19)18(4)9-14(10)13-7-15(20-5)12(3)16(8-13)21-6;1-8(2,3)4-7(5-9)6-10;/h7-9H,3H2,1-2,4-6H3;4H,1-3H3;/q2*-1;/b;7-4+;. The number of hydrogen-bond donors (Lipinski definition) is 0. The Labute approximate surface area is 216 Å². The maximum absolute atomic E-state index is 12.0. The molecule has 0 unspecified atom stereocenters. The Balaban J connectivity index is 0.000000747. The fourth-order valence-electron chi connectivity index (χ4n) is 2.92. The summed E-state index contributed by atoms with van der Waals surface area (Å²) in [4.78, 5) is 22.0. The Kier molecular flexibility index (Phi) is 11.7. The van der Waals surface area contributed by atoms with Crippen molar-refractivity contribution in [3.63, 3.8) is 0 Å². The van der Waals surface area contributed by atoms with Crippen molar-refractivity contribution >= 4 is 6.29 Å². The summed E-state index contributed by atoms with van der Waals surface area (Å²) in [6, 6.07) is 5.57. The molecule has 0 aliphatic rings. The number of aryl methyl sites for hydroxylation is 1. The second-order valence-corrected chi connectivity index (χ2v) is 8.21. The van der Waals surface area contributed by atoms with Crippen LogP contribution in [-0.2, 0) is 44.6 Å². The summed E-state index contributed by atoms with van der Waals surface area (Å²) in [7, 11) is 4.96. The number of rotatable bonds is 4. The molecule has 0 bridgehead atoms. The minimum atomic E-state index is -0.123. The molecule has 0 aliphatic carbocycles. The molecule has 1 heterocycles. The Morgan fingerprint density at radius 1 is 1.16 bits per heavy atom. The molecule has 0 N–H and O–H groups in total. The van der Waals surface area contributed by atoms with Crippen LogP contribution in [0.5, 0.6) is 11.5 Å². The van der Waals surface area contributed by atoms with Crippen molar-refractivity contribution in [1.29, 1.82) is 5.26 Å². The second-order valence-electron chi connectivity index (χ2n) is 8.21. The number of benzene rings is 1. The smallest absolute Gasteiger partial charge is 0.253 e. The van der Waals surface area contributed by atoms with Crippen molar-refractivity contribution < 1.29 is 47.0 Å². The van der Waals surface area contributed by atoms with Crippen LogP contribution in [0.15, 0.2) is 34.8 Å². The Bertz CT molecular complexity index is 1060. The fourth-order valence-corrected chi connectivity index (χ4v) is 2.92. The van der Waals surface area contributed by atoms with Crippen molar-refractivity contribution in [2.45, 2.75) is 34.6 Å². The first kappa shape index (κ1) is 29.6. The van der Waals surface area contributed by atoms with Crippen LogP contribution in [0.25, 0.3) is 11.1 Å². The number of pyridine rings is 1. The van der Waals surface area contributed by atoms with Gasteiger partial charge in [-0.05, 0) is 30.5 Å². The number of methoxy groups -OCH3 is 2. The summed E-state index contributed by atoms with van der Waals surface area (Å²) in [6.07, 6.45) is 4.99. The fraction of sp³-hybridized carbons (Fsp3) is 0.360. The van der Waals surface area contributed by atoms with E-state index >= 15 is 0 Å². The number of ether oxygens (including phenoxy) is 2. The van der Waals surface area contributed by atoms with Crippen molar-refractivity contribution in [3.8, 4) is 28.7 Å². The van der Waals surface area contributed by atoms with Crippen LogP contribution in [0.4, 0.5) is 0 Å². The third kappa shape index (κ3) is 7.65. The van der Waals surface area contributed by atoms with Gasteiger partial charge in [0.15, 0.2) is 0 Å². The maximum atomic E-state index is 12.0. The molecule has 1 radical (unpaired) electrons. The van der Waals surface area contributed by atoms with Crippen molar-refractivity contribution in [2.75, 3.05) is 14.2 Å². The maximum Gasteiger partial charge on any atom is 0.253 e. The molecule has 0 saturated heterocycles. The summed E-state index contributed by atoms with van der Waals surface area (Å²) < 4.78 is 12.3. The molecular formula is C25H30N2O4Y-2. The van der Waals surface area contributed by atoms with Crippen LogP contribution in [-0.4, -0.2) is 25.1 Å². The predicted molar refractivity (Wildman–Crippen MR) is 123 cm³/mol. The molecule has 0 atom stereocenters. The molecule has 6 nitrogen and oxygen atoms in total. The van der Waals surface area contributed by atoms with Gasteiger partial charge in [-0.3, -0.25) is 10.1 Å². The van der Waals surface area contributed by atoms with Gasteiger partial charge in [-0.1, -0.05) is 50.0 Å².